The summed E-state index contributed by atoms with van der Waals surface area (Å²) in [6.45, 7) is 0. The van der Waals surface area contributed by atoms with Crippen molar-refractivity contribution in [2.45, 2.75) is 4.90 Å². The van der Waals surface area contributed by atoms with Crippen molar-refractivity contribution in [1.82, 2.24) is 0 Å². The summed E-state index contributed by atoms with van der Waals surface area (Å²) in [5, 5.41) is 0. The van der Waals surface area contributed by atoms with Gasteiger partial charge in [-0.25, -0.2) is 8.42 Å². The molecule has 0 unspecified atom stereocenters. The molecule has 0 aliphatic heterocycles. The Morgan fingerprint density at radius 3 is 2.38 bits per heavy atom. The lowest BCUT2D eigenvalue weighted by Crippen LogP contribution is -1.92. The highest BCUT2D eigenvalue weighted by Crippen LogP contribution is 2.35. The topological polar surface area (TPSA) is 34.1 Å². The Hall–Kier alpha value is -0.360. The molecule has 0 saturated heterocycles. The van der Waals surface area contributed by atoms with Crippen molar-refractivity contribution in [3.05, 3.63) is 40.2 Å². The first-order valence-corrected chi connectivity index (χ1v) is 8.20. The van der Waals surface area contributed by atoms with Gasteiger partial charge in [0.1, 0.15) is 0 Å². The van der Waals surface area contributed by atoms with Gasteiger partial charge in [0, 0.05) is 21.1 Å². The van der Waals surface area contributed by atoms with Crippen LogP contribution in [0.25, 0.3) is 10.4 Å². The second kappa shape index (κ2) is 4.49. The monoisotopic (exact) mass is 336 g/mol. The van der Waals surface area contributed by atoms with Gasteiger partial charge < -0.3 is 0 Å². The SMILES string of the molecule is O=S(=O)(Cl)c1ccccc1-c1ccc(Br)s1. The van der Waals surface area contributed by atoms with E-state index in [1.165, 1.54) is 17.4 Å². The molecule has 2 rings (SSSR count). The van der Waals surface area contributed by atoms with E-state index in [-0.39, 0.29) is 4.90 Å². The lowest BCUT2D eigenvalue weighted by molar-refractivity contribution is 0.610. The zero-order valence-corrected chi connectivity index (χ0v) is 11.8. The molecule has 2 nitrogen and oxygen atoms in total. The third-order valence-electron chi connectivity index (χ3n) is 1.99. The Morgan fingerprint density at radius 2 is 1.81 bits per heavy atom. The van der Waals surface area contributed by atoms with E-state index < -0.39 is 9.05 Å². The van der Waals surface area contributed by atoms with E-state index in [2.05, 4.69) is 15.9 Å². The maximum Gasteiger partial charge on any atom is 0.261 e. The maximum absolute atomic E-state index is 11.4. The standard InChI is InChI=1S/C10H6BrClO2S2/c11-10-6-5-8(15-10)7-3-1-2-4-9(7)16(12,13)14/h1-6H. The summed E-state index contributed by atoms with van der Waals surface area (Å²) in [5.41, 5.74) is 0.633. The Morgan fingerprint density at radius 1 is 1.12 bits per heavy atom. The van der Waals surface area contributed by atoms with Crippen LogP contribution >= 0.6 is 37.9 Å². The van der Waals surface area contributed by atoms with Crippen LogP contribution in [0, 0.1) is 0 Å². The average molecular weight is 338 g/mol. The predicted molar refractivity (Wildman–Crippen MR) is 70.5 cm³/mol. The fourth-order valence-electron chi connectivity index (χ4n) is 1.34. The minimum absolute atomic E-state index is 0.144. The molecule has 0 aliphatic rings. The predicted octanol–water partition coefficient (Wildman–Crippen LogP) is 4.11. The molecule has 1 heterocycles. The number of benzene rings is 1. The second-order valence-corrected chi connectivity index (χ2v) is 8.04. The van der Waals surface area contributed by atoms with E-state index in [0.29, 0.717) is 5.56 Å². The highest BCUT2D eigenvalue weighted by molar-refractivity contribution is 9.11. The van der Waals surface area contributed by atoms with Crippen LogP contribution < -0.4 is 0 Å². The van der Waals surface area contributed by atoms with Gasteiger partial charge in [0.05, 0.1) is 8.68 Å². The molecule has 0 spiro atoms. The van der Waals surface area contributed by atoms with Gasteiger partial charge in [-0.15, -0.1) is 11.3 Å². The van der Waals surface area contributed by atoms with E-state index in [0.717, 1.165) is 8.66 Å². The van der Waals surface area contributed by atoms with Crippen LogP contribution in [0.1, 0.15) is 0 Å². The molecule has 0 N–H and O–H groups in total. The molecule has 2 aromatic rings. The van der Waals surface area contributed by atoms with Crippen LogP contribution in [-0.4, -0.2) is 8.42 Å². The van der Waals surface area contributed by atoms with Crippen molar-refractivity contribution >= 4 is 47.0 Å². The molecule has 0 amide bonds. The van der Waals surface area contributed by atoms with Crippen molar-refractivity contribution in [3.63, 3.8) is 0 Å². The van der Waals surface area contributed by atoms with Gasteiger partial charge in [0.2, 0.25) is 0 Å². The summed E-state index contributed by atoms with van der Waals surface area (Å²) in [5.74, 6) is 0. The molecule has 0 fully saturated rings. The minimum Gasteiger partial charge on any atom is -0.207 e. The fourth-order valence-corrected chi connectivity index (χ4v) is 3.92. The lowest BCUT2D eigenvalue weighted by atomic mass is 10.2. The average Bonchev–Trinajstić information content (AvgIpc) is 2.64. The molecule has 84 valence electrons. The number of halogens is 2. The van der Waals surface area contributed by atoms with E-state index >= 15 is 0 Å². The van der Waals surface area contributed by atoms with Gasteiger partial charge in [-0.3, -0.25) is 0 Å². The highest BCUT2D eigenvalue weighted by atomic mass is 79.9. The molecule has 6 heteroatoms. The Bertz CT molecular complexity index is 619. The van der Waals surface area contributed by atoms with Gasteiger partial charge in [-0.05, 0) is 34.1 Å². The number of thiophene rings is 1. The lowest BCUT2D eigenvalue weighted by Gasteiger charge is -2.03. The van der Waals surface area contributed by atoms with Crippen LogP contribution in [0.5, 0.6) is 0 Å². The van der Waals surface area contributed by atoms with E-state index in [4.69, 9.17) is 10.7 Å². The quantitative estimate of drug-likeness (QED) is 0.773. The molecule has 0 atom stereocenters. The zero-order chi connectivity index (χ0) is 11.8. The van der Waals surface area contributed by atoms with Crippen LogP contribution in [0.15, 0.2) is 45.1 Å². The summed E-state index contributed by atoms with van der Waals surface area (Å²) in [7, 11) is 1.68. The van der Waals surface area contributed by atoms with Gasteiger partial charge in [0.15, 0.2) is 0 Å². The summed E-state index contributed by atoms with van der Waals surface area (Å²) < 4.78 is 23.7. The second-order valence-electron chi connectivity index (χ2n) is 3.04. The van der Waals surface area contributed by atoms with Crippen LogP contribution in [0.4, 0.5) is 0 Å². The summed E-state index contributed by atoms with van der Waals surface area (Å²) in [4.78, 5) is 1.01. The van der Waals surface area contributed by atoms with Gasteiger partial charge >= 0.3 is 0 Å². The molecule has 16 heavy (non-hydrogen) atoms. The largest absolute Gasteiger partial charge is 0.261 e. The van der Waals surface area contributed by atoms with E-state index in [1.54, 1.807) is 18.2 Å². The summed E-state index contributed by atoms with van der Waals surface area (Å²) >= 11 is 4.81. The molecular formula is C10H6BrClO2S2. The van der Waals surface area contributed by atoms with E-state index in [1.807, 2.05) is 12.1 Å². The van der Waals surface area contributed by atoms with Gasteiger partial charge in [0.25, 0.3) is 9.05 Å². The van der Waals surface area contributed by atoms with Crippen molar-refractivity contribution in [2.24, 2.45) is 0 Å². The van der Waals surface area contributed by atoms with Crippen LogP contribution in [0.3, 0.4) is 0 Å². The number of rotatable bonds is 2. The third-order valence-corrected chi connectivity index (χ3v) is 5.03. The molecule has 0 bridgehead atoms. The smallest absolute Gasteiger partial charge is 0.207 e. The Kier molecular flexibility index (Phi) is 3.39. The summed E-state index contributed by atoms with van der Waals surface area (Å²) in [6, 6.07) is 10.4. The normalized spacial score (nSPS) is 11.6. The maximum atomic E-state index is 11.4. The first-order valence-electron chi connectivity index (χ1n) is 4.28. The number of hydrogen-bond acceptors (Lipinski definition) is 3. The van der Waals surface area contributed by atoms with Crippen molar-refractivity contribution in [1.29, 1.82) is 0 Å². The van der Waals surface area contributed by atoms with Crippen molar-refractivity contribution in [3.8, 4) is 10.4 Å². The van der Waals surface area contributed by atoms with Crippen molar-refractivity contribution in [2.75, 3.05) is 0 Å². The molecule has 0 aliphatic carbocycles. The summed E-state index contributed by atoms with van der Waals surface area (Å²) in [6.07, 6.45) is 0. The van der Waals surface area contributed by atoms with Gasteiger partial charge in [-0.1, -0.05) is 18.2 Å². The molecule has 0 saturated carbocycles. The highest BCUT2D eigenvalue weighted by Gasteiger charge is 2.16. The van der Waals surface area contributed by atoms with Crippen LogP contribution in [-0.2, 0) is 9.05 Å². The Balaban J connectivity index is 2.66. The number of hydrogen-bond donors (Lipinski definition) is 0. The van der Waals surface area contributed by atoms with Gasteiger partial charge in [-0.2, -0.15) is 0 Å². The molecular weight excluding hydrogens is 332 g/mol. The molecule has 1 aromatic carbocycles. The minimum atomic E-state index is -3.71. The van der Waals surface area contributed by atoms with Crippen LogP contribution in [0.2, 0.25) is 0 Å². The zero-order valence-electron chi connectivity index (χ0n) is 7.85. The molecule has 0 radical (unpaired) electrons. The van der Waals surface area contributed by atoms with E-state index in [9.17, 15) is 8.42 Å². The fraction of sp³-hybridized carbons (Fsp3) is 0. The molecule has 1 aromatic heterocycles. The Labute approximate surface area is 110 Å². The first kappa shape index (κ1) is 12.1. The van der Waals surface area contributed by atoms with Crippen molar-refractivity contribution < 1.29 is 8.42 Å². The third kappa shape index (κ3) is 2.48. The first-order chi connectivity index (χ1) is 7.48.